The van der Waals surface area contributed by atoms with Crippen molar-refractivity contribution < 1.29 is 17.9 Å². The minimum absolute atomic E-state index is 0.143. The Labute approximate surface area is 158 Å². The predicted molar refractivity (Wildman–Crippen MR) is 104 cm³/mol. The zero-order valence-electron chi connectivity index (χ0n) is 15.3. The highest BCUT2D eigenvalue weighted by molar-refractivity contribution is 7.89. The summed E-state index contributed by atoms with van der Waals surface area (Å²) in [6, 6.07) is 12.9. The molecule has 4 rings (SSSR count). The molecule has 0 bridgehead atoms. The van der Waals surface area contributed by atoms with Gasteiger partial charge in [-0.05, 0) is 30.2 Å². The van der Waals surface area contributed by atoms with Gasteiger partial charge in [-0.15, -0.1) is 0 Å². The van der Waals surface area contributed by atoms with Crippen LogP contribution >= 0.6 is 0 Å². The Morgan fingerprint density at radius 2 is 1.93 bits per heavy atom. The number of benzene rings is 2. The third-order valence-corrected chi connectivity index (χ3v) is 7.09. The number of fused-ring (bicyclic) bond motifs is 1. The zero-order chi connectivity index (χ0) is 19.0. The predicted octanol–water partition coefficient (Wildman–Crippen LogP) is 3.36. The van der Waals surface area contributed by atoms with Crippen molar-refractivity contribution in [1.82, 2.24) is 9.29 Å². The molecule has 7 heteroatoms. The van der Waals surface area contributed by atoms with E-state index in [4.69, 9.17) is 9.47 Å². The summed E-state index contributed by atoms with van der Waals surface area (Å²) in [5.74, 6) is 0.973. The molecule has 2 aromatic carbocycles. The lowest BCUT2D eigenvalue weighted by Gasteiger charge is -2.19. The molecule has 1 fully saturated rings. The van der Waals surface area contributed by atoms with E-state index >= 15 is 0 Å². The molecule has 1 N–H and O–H groups in total. The molecule has 1 aliphatic rings. The van der Waals surface area contributed by atoms with Crippen LogP contribution in [-0.2, 0) is 10.0 Å². The summed E-state index contributed by atoms with van der Waals surface area (Å²) in [5.41, 5.74) is 2.24. The van der Waals surface area contributed by atoms with Gasteiger partial charge in [-0.25, -0.2) is 8.42 Å². The van der Waals surface area contributed by atoms with Crippen LogP contribution in [-0.4, -0.2) is 45.0 Å². The first-order chi connectivity index (χ1) is 13.0. The molecule has 1 unspecified atom stereocenters. The molecular weight excluding hydrogens is 364 g/mol. The second-order valence-electron chi connectivity index (χ2n) is 6.66. The quantitative estimate of drug-likeness (QED) is 0.730. The van der Waals surface area contributed by atoms with Gasteiger partial charge in [-0.1, -0.05) is 18.2 Å². The SMILES string of the molecule is COc1ccc(OC)c(S(=O)(=O)N2CCC(c3c[nH]c4ccccc34)C2)c1. The van der Waals surface area contributed by atoms with E-state index in [-0.39, 0.29) is 10.8 Å². The lowest BCUT2D eigenvalue weighted by Crippen LogP contribution is -2.29. The number of nitrogens with zero attached hydrogens (tertiary/aromatic N) is 1. The molecule has 0 saturated carbocycles. The first kappa shape index (κ1) is 17.9. The van der Waals surface area contributed by atoms with Crippen molar-refractivity contribution in [1.29, 1.82) is 0 Å². The number of sulfonamides is 1. The van der Waals surface area contributed by atoms with Crippen LogP contribution in [0.25, 0.3) is 10.9 Å². The molecule has 1 aliphatic heterocycles. The van der Waals surface area contributed by atoms with Crippen LogP contribution in [0.1, 0.15) is 17.9 Å². The molecule has 1 saturated heterocycles. The van der Waals surface area contributed by atoms with Gasteiger partial charge < -0.3 is 14.5 Å². The van der Waals surface area contributed by atoms with E-state index in [1.807, 2.05) is 24.4 Å². The fraction of sp³-hybridized carbons (Fsp3) is 0.300. The molecule has 1 aromatic heterocycles. The van der Waals surface area contributed by atoms with Crippen LogP contribution in [0.4, 0.5) is 0 Å². The monoisotopic (exact) mass is 386 g/mol. The van der Waals surface area contributed by atoms with E-state index in [0.29, 0.717) is 24.6 Å². The maximum absolute atomic E-state index is 13.2. The van der Waals surface area contributed by atoms with E-state index in [0.717, 1.165) is 17.3 Å². The summed E-state index contributed by atoms with van der Waals surface area (Å²) >= 11 is 0. The average Bonchev–Trinajstić information content (AvgIpc) is 3.34. The average molecular weight is 386 g/mol. The van der Waals surface area contributed by atoms with Gasteiger partial charge in [-0.3, -0.25) is 0 Å². The van der Waals surface area contributed by atoms with Crippen LogP contribution in [0.15, 0.2) is 53.6 Å². The van der Waals surface area contributed by atoms with E-state index in [1.54, 1.807) is 12.1 Å². The second kappa shape index (κ2) is 6.90. The Morgan fingerprint density at radius 3 is 2.70 bits per heavy atom. The van der Waals surface area contributed by atoms with Gasteiger partial charge in [0.1, 0.15) is 16.4 Å². The molecule has 1 atom stereocenters. The van der Waals surface area contributed by atoms with Gasteiger partial charge in [0.15, 0.2) is 0 Å². The zero-order valence-corrected chi connectivity index (χ0v) is 16.1. The van der Waals surface area contributed by atoms with Crippen molar-refractivity contribution in [3.63, 3.8) is 0 Å². The molecule has 27 heavy (non-hydrogen) atoms. The lowest BCUT2D eigenvalue weighted by molar-refractivity contribution is 0.388. The van der Waals surface area contributed by atoms with Crippen molar-refractivity contribution in [3.8, 4) is 11.5 Å². The van der Waals surface area contributed by atoms with Gasteiger partial charge in [0, 0.05) is 42.2 Å². The van der Waals surface area contributed by atoms with Gasteiger partial charge in [0.2, 0.25) is 10.0 Å². The maximum atomic E-state index is 13.2. The second-order valence-corrected chi connectivity index (χ2v) is 8.56. The standard InChI is InChI=1S/C20H22N2O4S/c1-25-15-7-8-19(26-2)20(11-15)27(23,24)22-10-9-14(13-22)17-12-21-18-6-4-3-5-16(17)18/h3-8,11-12,14,21H,9-10,13H2,1-2H3. The van der Waals surface area contributed by atoms with E-state index in [2.05, 4.69) is 11.1 Å². The van der Waals surface area contributed by atoms with Crippen LogP contribution < -0.4 is 9.47 Å². The Kier molecular flexibility index (Phi) is 4.57. The van der Waals surface area contributed by atoms with Crippen LogP contribution in [0.5, 0.6) is 11.5 Å². The van der Waals surface area contributed by atoms with Crippen molar-refractivity contribution in [2.45, 2.75) is 17.2 Å². The Bertz CT molecular complexity index is 1070. The number of hydrogen-bond donors (Lipinski definition) is 1. The molecule has 0 aliphatic carbocycles. The largest absolute Gasteiger partial charge is 0.497 e. The summed E-state index contributed by atoms with van der Waals surface area (Å²) in [7, 11) is -0.686. The van der Waals surface area contributed by atoms with Crippen molar-refractivity contribution in [2.75, 3.05) is 27.3 Å². The summed E-state index contributed by atoms with van der Waals surface area (Å²) in [6.07, 6.45) is 2.78. The maximum Gasteiger partial charge on any atom is 0.246 e. The first-order valence-corrected chi connectivity index (χ1v) is 10.3. The number of aromatic nitrogens is 1. The molecule has 6 nitrogen and oxygen atoms in total. The van der Waals surface area contributed by atoms with Gasteiger partial charge in [0.25, 0.3) is 0 Å². The lowest BCUT2D eigenvalue weighted by atomic mass is 9.98. The smallest absolute Gasteiger partial charge is 0.246 e. The highest BCUT2D eigenvalue weighted by Gasteiger charge is 2.35. The van der Waals surface area contributed by atoms with Crippen LogP contribution in [0.3, 0.4) is 0 Å². The molecule has 3 aromatic rings. The number of methoxy groups -OCH3 is 2. The summed E-state index contributed by atoms with van der Waals surface area (Å²) in [5, 5.41) is 1.15. The van der Waals surface area contributed by atoms with Gasteiger partial charge in [0.05, 0.1) is 14.2 Å². The van der Waals surface area contributed by atoms with Crippen LogP contribution in [0.2, 0.25) is 0 Å². The van der Waals surface area contributed by atoms with Crippen molar-refractivity contribution in [2.24, 2.45) is 0 Å². The van der Waals surface area contributed by atoms with Crippen molar-refractivity contribution >= 4 is 20.9 Å². The first-order valence-electron chi connectivity index (χ1n) is 8.83. The van der Waals surface area contributed by atoms with Gasteiger partial charge in [-0.2, -0.15) is 4.31 Å². The molecule has 142 valence electrons. The summed E-state index contributed by atoms with van der Waals surface area (Å²) in [6.45, 7) is 0.928. The molecule has 0 spiro atoms. The minimum atomic E-state index is -3.67. The normalized spacial score (nSPS) is 18.1. The number of hydrogen-bond acceptors (Lipinski definition) is 4. The fourth-order valence-electron chi connectivity index (χ4n) is 3.76. The van der Waals surface area contributed by atoms with E-state index in [9.17, 15) is 8.42 Å². The van der Waals surface area contributed by atoms with Crippen molar-refractivity contribution in [3.05, 3.63) is 54.2 Å². The Balaban J connectivity index is 1.65. The summed E-state index contributed by atoms with van der Waals surface area (Å²) in [4.78, 5) is 3.42. The third-order valence-electron chi connectivity index (χ3n) is 5.20. The molecular formula is C20H22N2O4S. The van der Waals surface area contributed by atoms with Gasteiger partial charge >= 0.3 is 0 Å². The number of para-hydroxylation sites is 1. The summed E-state index contributed by atoms with van der Waals surface area (Å²) < 4.78 is 38.5. The number of rotatable bonds is 5. The number of aromatic amines is 1. The Morgan fingerprint density at radius 1 is 1.11 bits per heavy atom. The molecule has 0 radical (unpaired) electrons. The number of H-pyrrole nitrogens is 1. The molecule has 2 heterocycles. The highest BCUT2D eigenvalue weighted by atomic mass is 32.2. The number of nitrogens with one attached hydrogen (secondary N) is 1. The number of ether oxygens (including phenoxy) is 2. The fourth-order valence-corrected chi connectivity index (χ4v) is 5.43. The van der Waals surface area contributed by atoms with E-state index in [1.165, 1.54) is 30.2 Å². The highest BCUT2D eigenvalue weighted by Crippen LogP contribution is 2.37. The van der Waals surface area contributed by atoms with Crippen LogP contribution in [0, 0.1) is 0 Å². The molecule has 0 amide bonds. The van der Waals surface area contributed by atoms with E-state index < -0.39 is 10.0 Å². The minimum Gasteiger partial charge on any atom is -0.497 e. The topological polar surface area (TPSA) is 71.6 Å². The third kappa shape index (κ3) is 3.07. The Hall–Kier alpha value is -2.51.